The number of aryl methyl sites for hydroxylation is 1. The predicted octanol–water partition coefficient (Wildman–Crippen LogP) is 4.13. The highest BCUT2D eigenvalue weighted by Crippen LogP contribution is 2.29. The summed E-state index contributed by atoms with van der Waals surface area (Å²) in [6, 6.07) is 10.5. The second-order valence-electron chi connectivity index (χ2n) is 6.29. The van der Waals surface area contributed by atoms with E-state index in [-0.39, 0.29) is 11.7 Å². The van der Waals surface area contributed by atoms with Gasteiger partial charge in [0.05, 0.1) is 5.69 Å². The lowest BCUT2D eigenvalue weighted by Crippen LogP contribution is -2.41. The van der Waals surface area contributed by atoms with Crippen molar-refractivity contribution in [1.29, 1.82) is 0 Å². The first-order chi connectivity index (χ1) is 12.1. The van der Waals surface area contributed by atoms with E-state index in [1.54, 1.807) is 0 Å². The fourth-order valence-corrected chi connectivity index (χ4v) is 3.43. The summed E-state index contributed by atoms with van der Waals surface area (Å²) in [4.78, 5) is 15.6. The lowest BCUT2D eigenvalue weighted by Gasteiger charge is -2.24. The highest BCUT2D eigenvalue weighted by Gasteiger charge is 2.23. The van der Waals surface area contributed by atoms with E-state index in [9.17, 15) is 13.6 Å². The molecule has 3 N–H and O–H groups in total. The lowest BCUT2D eigenvalue weighted by molar-refractivity contribution is 0.247. The number of benzene rings is 2. The number of halogens is 2. The van der Waals surface area contributed by atoms with Gasteiger partial charge in [-0.3, -0.25) is 0 Å². The topological polar surface area (TPSA) is 56.9 Å². The minimum Gasteiger partial charge on any atom is -0.358 e. The molecule has 2 amide bonds. The minimum atomic E-state index is -0.667. The van der Waals surface area contributed by atoms with Crippen LogP contribution in [0.1, 0.15) is 17.7 Å². The SMILES string of the molecule is O=C(Nc1cc(F)ccc1F)NC1CCc2[nH]c3ccccc3c2C1. The predicted molar refractivity (Wildman–Crippen MR) is 92.6 cm³/mol. The fourth-order valence-electron chi connectivity index (χ4n) is 3.43. The number of aromatic nitrogens is 1. The van der Waals surface area contributed by atoms with Gasteiger partial charge in [-0.05, 0) is 43.0 Å². The third-order valence-corrected chi connectivity index (χ3v) is 4.61. The van der Waals surface area contributed by atoms with Crippen molar-refractivity contribution in [2.24, 2.45) is 0 Å². The molecule has 0 saturated heterocycles. The molecule has 3 aromatic rings. The Balaban J connectivity index is 1.47. The van der Waals surface area contributed by atoms with Gasteiger partial charge in [-0.25, -0.2) is 13.6 Å². The minimum absolute atomic E-state index is 0.0525. The zero-order valence-corrected chi connectivity index (χ0v) is 13.4. The van der Waals surface area contributed by atoms with Crippen LogP contribution in [0.4, 0.5) is 19.3 Å². The summed E-state index contributed by atoms with van der Waals surface area (Å²) in [6.07, 6.45) is 2.33. The number of carbonyl (C=O) groups excluding carboxylic acids is 1. The van der Waals surface area contributed by atoms with Crippen molar-refractivity contribution in [3.8, 4) is 0 Å². The number of fused-ring (bicyclic) bond motifs is 3. The Bertz CT molecular complexity index is 951. The summed E-state index contributed by atoms with van der Waals surface area (Å²) in [5.74, 6) is -1.27. The van der Waals surface area contributed by atoms with Crippen molar-refractivity contribution in [3.63, 3.8) is 0 Å². The van der Waals surface area contributed by atoms with Crippen molar-refractivity contribution < 1.29 is 13.6 Å². The van der Waals surface area contributed by atoms with Crippen molar-refractivity contribution >= 4 is 22.6 Å². The van der Waals surface area contributed by atoms with Gasteiger partial charge >= 0.3 is 6.03 Å². The van der Waals surface area contributed by atoms with Crippen molar-refractivity contribution in [2.75, 3.05) is 5.32 Å². The van der Waals surface area contributed by atoms with Crippen LogP contribution in [0.2, 0.25) is 0 Å². The van der Waals surface area contributed by atoms with E-state index in [1.807, 2.05) is 18.2 Å². The number of anilines is 1. The second kappa shape index (κ2) is 6.20. The number of H-pyrrole nitrogens is 1. The number of amides is 2. The lowest BCUT2D eigenvalue weighted by atomic mass is 9.91. The van der Waals surface area contributed by atoms with E-state index in [1.165, 1.54) is 16.6 Å². The van der Waals surface area contributed by atoms with Crippen LogP contribution in [0.5, 0.6) is 0 Å². The summed E-state index contributed by atoms with van der Waals surface area (Å²) in [5, 5.41) is 6.40. The van der Waals surface area contributed by atoms with Gasteiger partial charge in [0, 0.05) is 28.7 Å². The molecule has 4 rings (SSSR count). The Labute approximate surface area is 143 Å². The molecule has 128 valence electrons. The maximum absolute atomic E-state index is 13.6. The van der Waals surface area contributed by atoms with E-state index >= 15 is 0 Å². The van der Waals surface area contributed by atoms with E-state index in [0.717, 1.165) is 36.6 Å². The average Bonchev–Trinajstić information content (AvgIpc) is 2.96. The molecule has 4 nitrogen and oxygen atoms in total. The van der Waals surface area contributed by atoms with Crippen LogP contribution >= 0.6 is 0 Å². The highest BCUT2D eigenvalue weighted by molar-refractivity contribution is 5.90. The van der Waals surface area contributed by atoms with Gasteiger partial charge in [-0.15, -0.1) is 0 Å². The molecule has 0 bridgehead atoms. The maximum Gasteiger partial charge on any atom is 0.319 e. The maximum atomic E-state index is 13.6. The molecule has 0 aliphatic heterocycles. The Morgan fingerprint density at radius 1 is 1.16 bits per heavy atom. The first kappa shape index (κ1) is 15.6. The van der Waals surface area contributed by atoms with E-state index in [0.29, 0.717) is 6.42 Å². The Hall–Kier alpha value is -2.89. The quantitative estimate of drug-likeness (QED) is 0.645. The summed E-state index contributed by atoms with van der Waals surface area (Å²) in [6.45, 7) is 0. The van der Waals surface area contributed by atoms with E-state index in [2.05, 4.69) is 21.7 Å². The largest absolute Gasteiger partial charge is 0.358 e. The molecule has 6 heteroatoms. The molecule has 1 aliphatic carbocycles. The molecule has 0 fully saturated rings. The van der Waals surface area contributed by atoms with Crippen LogP contribution in [-0.4, -0.2) is 17.1 Å². The Kier molecular flexibility index (Phi) is 3.87. The summed E-state index contributed by atoms with van der Waals surface area (Å²) in [7, 11) is 0. The molecular weight excluding hydrogens is 324 g/mol. The van der Waals surface area contributed by atoms with Crippen molar-refractivity contribution in [3.05, 3.63) is 65.4 Å². The number of rotatable bonds is 2. The number of carbonyl (C=O) groups is 1. The molecular formula is C19H17F2N3O. The zero-order valence-electron chi connectivity index (χ0n) is 13.4. The molecule has 1 aliphatic rings. The smallest absolute Gasteiger partial charge is 0.319 e. The van der Waals surface area contributed by atoms with Crippen LogP contribution in [0.15, 0.2) is 42.5 Å². The summed E-state index contributed by atoms with van der Waals surface area (Å²) >= 11 is 0. The third-order valence-electron chi connectivity index (χ3n) is 4.61. The molecule has 2 aromatic carbocycles. The normalized spacial score (nSPS) is 16.5. The van der Waals surface area contributed by atoms with Gasteiger partial charge in [-0.2, -0.15) is 0 Å². The van der Waals surface area contributed by atoms with Gasteiger partial charge < -0.3 is 15.6 Å². The second-order valence-corrected chi connectivity index (χ2v) is 6.29. The van der Waals surface area contributed by atoms with Gasteiger partial charge in [0.15, 0.2) is 0 Å². The summed E-state index contributed by atoms with van der Waals surface area (Å²) in [5.41, 5.74) is 3.35. The Morgan fingerprint density at radius 3 is 2.88 bits per heavy atom. The first-order valence-electron chi connectivity index (χ1n) is 8.21. The van der Waals surface area contributed by atoms with Crippen LogP contribution in [0, 0.1) is 11.6 Å². The first-order valence-corrected chi connectivity index (χ1v) is 8.21. The molecule has 1 unspecified atom stereocenters. The van der Waals surface area contributed by atoms with E-state index in [4.69, 9.17) is 0 Å². The van der Waals surface area contributed by atoms with E-state index < -0.39 is 17.7 Å². The molecule has 0 spiro atoms. The number of hydrogen-bond acceptors (Lipinski definition) is 1. The van der Waals surface area contributed by atoms with Crippen molar-refractivity contribution in [1.82, 2.24) is 10.3 Å². The number of para-hydroxylation sites is 1. The van der Waals surface area contributed by atoms with Crippen LogP contribution < -0.4 is 10.6 Å². The average molecular weight is 341 g/mol. The number of nitrogens with one attached hydrogen (secondary N) is 3. The standard InChI is InChI=1S/C19H17F2N3O/c20-11-5-7-15(21)18(9-11)24-19(25)22-12-6-8-17-14(10-12)13-3-1-2-4-16(13)23-17/h1-5,7,9,12,23H,6,8,10H2,(H2,22,24,25). The van der Waals surface area contributed by atoms with Gasteiger partial charge in [0.25, 0.3) is 0 Å². The van der Waals surface area contributed by atoms with Crippen LogP contribution in [0.3, 0.4) is 0 Å². The molecule has 1 aromatic heterocycles. The zero-order chi connectivity index (χ0) is 17.4. The number of urea groups is 1. The molecule has 25 heavy (non-hydrogen) atoms. The van der Waals surface area contributed by atoms with Crippen LogP contribution in [0.25, 0.3) is 10.9 Å². The fraction of sp³-hybridized carbons (Fsp3) is 0.211. The third kappa shape index (κ3) is 3.07. The van der Waals surface area contributed by atoms with Crippen molar-refractivity contribution in [2.45, 2.75) is 25.3 Å². The van der Waals surface area contributed by atoms with Crippen LogP contribution in [-0.2, 0) is 12.8 Å². The van der Waals surface area contributed by atoms with Gasteiger partial charge in [0.2, 0.25) is 0 Å². The monoisotopic (exact) mass is 341 g/mol. The number of aromatic amines is 1. The molecule has 0 radical (unpaired) electrons. The molecule has 1 heterocycles. The Morgan fingerprint density at radius 2 is 2.00 bits per heavy atom. The summed E-state index contributed by atoms with van der Waals surface area (Å²) < 4.78 is 26.8. The van der Waals surface area contributed by atoms with Gasteiger partial charge in [0.1, 0.15) is 11.6 Å². The highest BCUT2D eigenvalue weighted by atomic mass is 19.1. The number of hydrogen-bond donors (Lipinski definition) is 3. The molecule has 0 saturated carbocycles. The van der Waals surface area contributed by atoms with Gasteiger partial charge in [-0.1, -0.05) is 18.2 Å². The molecule has 1 atom stereocenters.